The Balaban J connectivity index is 1.85. The molecule has 1 amide bonds. The average Bonchev–Trinajstić information content (AvgIpc) is 2.84. The summed E-state index contributed by atoms with van der Waals surface area (Å²) in [5.74, 6) is -0.121. The van der Waals surface area contributed by atoms with Gasteiger partial charge in [0.2, 0.25) is 0 Å². The number of phenolic OH excluding ortho intramolecular Hbond substituents is 1. The Kier molecular flexibility index (Phi) is 7.98. The predicted octanol–water partition coefficient (Wildman–Crippen LogP) is 3.41. The highest BCUT2D eigenvalue weighted by Crippen LogP contribution is 2.32. The molecule has 0 aliphatic heterocycles. The van der Waals surface area contributed by atoms with Crippen molar-refractivity contribution in [3.05, 3.63) is 77.3 Å². The summed E-state index contributed by atoms with van der Waals surface area (Å²) in [6.45, 7) is -0.559. The van der Waals surface area contributed by atoms with Crippen molar-refractivity contribution in [3.63, 3.8) is 0 Å². The quantitative estimate of drug-likeness (QED) is 0.341. The monoisotopic (exact) mass is 503 g/mol. The molecule has 3 rings (SSSR count). The second-order valence-electron chi connectivity index (χ2n) is 6.87. The minimum atomic E-state index is -4.10. The fourth-order valence-electron chi connectivity index (χ4n) is 2.96. The SMILES string of the molecule is COc1cc(/C=N\NC(=O)CN(c2ccc(OC)c(Cl)c2)S(=O)(=O)c2ccccc2)ccc1O. The first kappa shape index (κ1) is 24.9. The van der Waals surface area contributed by atoms with Crippen molar-refractivity contribution in [2.24, 2.45) is 5.10 Å². The number of carbonyl (C=O) groups is 1. The molecule has 11 heteroatoms. The molecule has 0 aliphatic carbocycles. The van der Waals surface area contributed by atoms with E-state index < -0.39 is 22.5 Å². The van der Waals surface area contributed by atoms with E-state index in [4.69, 9.17) is 21.1 Å². The van der Waals surface area contributed by atoms with Crippen molar-refractivity contribution in [3.8, 4) is 17.2 Å². The van der Waals surface area contributed by atoms with E-state index in [9.17, 15) is 18.3 Å². The van der Waals surface area contributed by atoms with Gasteiger partial charge in [-0.05, 0) is 54.1 Å². The lowest BCUT2D eigenvalue weighted by atomic mass is 10.2. The third-order valence-corrected chi connectivity index (χ3v) is 6.73. The zero-order valence-corrected chi connectivity index (χ0v) is 19.9. The number of hydrogen-bond acceptors (Lipinski definition) is 7. The molecular weight excluding hydrogens is 482 g/mol. The molecular formula is C23H22ClN3O6S. The summed E-state index contributed by atoms with van der Waals surface area (Å²) in [6, 6.07) is 16.6. The van der Waals surface area contributed by atoms with Crippen LogP contribution in [0.15, 0.2) is 76.7 Å². The van der Waals surface area contributed by atoms with E-state index in [1.807, 2.05) is 0 Å². The van der Waals surface area contributed by atoms with E-state index in [-0.39, 0.29) is 27.1 Å². The molecule has 178 valence electrons. The molecule has 0 heterocycles. The Hall–Kier alpha value is -3.76. The van der Waals surface area contributed by atoms with Crippen LogP contribution in [0.25, 0.3) is 0 Å². The molecule has 0 saturated heterocycles. The van der Waals surface area contributed by atoms with Gasteiger partial charge < -0.3 is 14.6 Å². The van der Waals surface area contributed by atoms with Gasteiger partial charge in [0, 0.05) is 0 Å². The van der Waals surface area contributed by atoms with Crippen LogP contribution in [0, 0.1) is 0 Å². The molecule has 0 spiro atoms. The van der Waals surface area contributed by atoms with Gasteiger partial charge in [0.25, 0.3) is 15.9 Å². The van der Waals surface area contributed by atoms with Crippen LogP contribution in [0.2, 0.25) is 5.02 Å². The first-order valence-electron chi connectivity index (χ1n) is 9.86. The number of anilines is 1. The van der Waals surface area contributed by atoms with Gasteiger partial charge in [0.1, 0.15) is 12.3 Å². The maximum Gasteiger partial charge on any atom is 0.264 e. The highest BCUT2D eigenvalue weighted by molar-refractivity contribution is 7.92. The fraction of sp³-hybridized carbons (Fsp3) is 0.130. The Morgan fingerprint density at radius 2 is 1.76 bits per heavy atom. The third kappa shape index (κ3) is 5.77. The fourth-order valence-corrected chi connectivity index (χ4v) is 4.65. The molecule has 0 aliphatic rings. The molecule has 0 fully saturated rings. The normalized spacial score (nSPS) is 11.3. The third-order valence-electron chi connectivity index (χ3n) is 4.65. The largest absolute Gasteiger partial charge is 0.504 e. The predicted molar refractivity (Wildman–Crippen MR) is 129 cm³/mol. The van der Waals surface area contributed by atoms with E-state index >= 15 is 0 Å². The van der Waals surface area contributed by atoms with Crippen LogP contribution in [0.3, 0.4) is 0 Å². The Morgan fingerprint density at radius 1 is 1.06 bits per heavy atom. The molecule has 0 unspecified atom stereocenters. The van der Waals surface area contributed by atoms with Crippen molar-refractivity contribution in [1.29, 1.82) is 0 Å². The van der Waals surface area contributed by atoms with Crippen LogP contribution in [0.4, 0.5) is 5.69 Å². The number of aromatic hydroxyl groups is 1. The molecule has 3 aromatic carbocycles. The van der Waals surface area contributed by atoms with Crippen molar-refractivity contribution < 1.29 is 27.8 Å². The highest BCUT2D eigenvalue weighted by atomic mass is 35.5. The molecule has 0 bridgehead atoms. The number of carbonyl (C=O) groups excluding carboxylic acids is 1. The van der Waals surface area contributed by atoms with Gasteiger partial charge in [-0.2, -0.15) is 5.10 Å². The number of methoxy groups -OCH3 is 2. The first-order chi connectivity index (χ1) is 16.3. The Bertz CT molecular complexity index is 1300. The first-order valence-corrected chi connectivity index (χ1v) is 11.7. The highest BCUT2D eigenvalue weighted by Gasteiger charge is 2.27. The van der Waals surface area contributed by atoms with Gasteiger partial charge in [-0.3, -0.25) is 9.10 Å². The maximum absolute atomic E-state index is 13.3. The Morgan fingerprint density at radius 3 is 2.41 bits per heavy atom. The van der Waals surface area contributed by atoms with Crippen LogP contribution in [0.5, 0.6) is 17.2 Å². The lowest BCUT2D eigenvalue weighted by molar-refractivity contribution is -0.119. The van der Waals surface area contributed by atoms with Gasteiger partial charge in [0.15, 0.2) is 11.5 Å². The molecule has 9 nitrogen and oxygen atoms in total. The summed E-state index contributed by atoms with van der Waals surface area (Å²) in [6.07, 6.45) is 1.33. The minimum absolute atomic E-state index is 0.00873. The zero-order valence-electron chi connectivity index (χ0n) is 18.3. The van der Waals surface area contributed by atoms with Crippen molar-refractivity contribution in [1.82, 2.24) is 5.43 Å². The summed E-state index contributed by atoms with van der Waals surface area (Å²) in [7, 11) is -1.25. The summed E-state index contributed by atoms with van der Waals surface area (Å²) < 4.78 is 37.7. The molecule has 2 N–H and O–H groups in total. The lowest BCUT2D eigenvalue weighted by Crippen LogP contribution is -2.39. The summed E-state index contributed by atoms with van der Waals surface area (Å²) in [5.41, 5.74) is 3.03. The molecule has 0 aromatic heterocycles. The smallest absolute Gasteiger partial charge is 0.264 e. The van der Waals surface area contributed by atoms with Crippen LogP contribution in [0.1, 0.15) is 5.56 Å². The lowest BCUT2D eigenvalue weighted by Gasteiger charge is -2.24. The topological polar surface area (TPSA) is 118 Å². The zero-order chi connectivity index (χ0) is 24.7. The van der Waals surface area contributed by atoms with E-state index in [2.05, 4.69) is 10.5 Å². The van der Waals surface area contributed by atoms with E-state index in [1.54, 1.807) is 24.3 Å². The number of phenols is 1. The second kappa shape index (κ2) is 10.9. The summed E-state index contributed by atoms with van der Waals surface area (Å²) >= 11 is 6.19. The molecule has 3 aromatic rings. The van der Waals surface area contributed by atoms with E-state index in [0.717, 1.165) is 4.31 Å². The number of halogens is 1. The number of nitrogens with zero attached hydrogens (tertiary/aromatic N) is 2. The van der Waals surface area contributed by atoms with Crippen LogP contribution >= 0.6 is 11.6 Å². The summed E-state index contributed by atoms with van der Waals surface area (Å²) in [4.78, 5) is 12.6. The molecule has 34 heavy (non-hydrogen) atoms. The average molecular weight is 504 g/mol. The van der Waals surface area contributed by atoms with Gasteiger partial charge in [0.05, 0.1) is 36.0 Å². The van der Waals surface area contributed by atoms with Gasteiger partial charge in [-0.25, -0.2) is 13.8 Å². The van der Waals surface area contributed by atoms with Gasteiger partial charge in [-0.15, -0.1) is 0 Å². The van der Waals surface area contributed by atoms with Gasteiger partial charge in [-0.1, -0.05) is 29.8 Å². The summed E-state index contributed by atoms with van der Waals surface area (Å²) in [5, 5.41) is 13.7. The molecule has 0 saturated carbocycles. The Labute approximate surface area is 202 Å². The number of hydrogen-bond donors (Lipinski definition) is 2. The van der Waals surface area contributed by atoms with E-state index in [1.165, 1.54) is 62.9 Å². The van der Waals surface area contributed by atoms with Crippen molar-refractivity contribution in [2.45, 2.75) is 4.90 Å². The van der Waals surface area contributed by atoms with Crippen LogP contribution in [-0.4, -0.2) is 46.4 Å². The van der Waals surface area contributed by atoms with Crippen molar-refractivity contribution in [2.75, 3.05) is 25.1 Å². The molecule has 0 atom stereocenters. The number of nitrogens with one attached hydrogen (secondary N) is 1. The van der Waals surface area contributed by atoms with Crippen molar-refractivity contribution >= 4 is 39.4 Å². The van der Waals surface area contributed by atoms with E-state index in [0.29, 0.717) is 11.3 Å². The number of hydrazone groups is 1. The standard InChI is InChI=1S/C23H22ClN3O6S/c1-32-21-11-9-17(13-19(21)24)27(34(30,31)18-6-4-3-5-7-18)15-23(29)26-25-14-16-8-10-20(28)22(12-16)33-2/h3-14,28H,15H2,1-2H3,(H,26,29)/b25-14-. The second-order valence-corrected chi connectivity index (χ2v) is 9.14. The number of amides is 1. The van der Waals surface area contributed by atoms with Crippen LogP contribution < -0.4 is 19.2 Å². The van der Waals surface area contributed by atoms with Crippen LogP contribution in [-0.2, 0) is 14.8 Å². The maximum atomic E-state index is 13.3. The molecule has 0 radical (unpaired) electrons. The minimum Gasteiger partial charge on any atom is -0.504 e. The number of rotatable bonds is 9. The van der Waals surface area contributed by atoms with Gasteiger partial charge >= 0.3 is 0 Å². The number of ether oxygens (including phenoxy) is 2. The number of benzene rings is 3. The number of sulfonamides is 1.